The number of carbonyl (C=O) groups excluding carboxylic acids is 1. The van der Waals surface area contributed by atoms with E-state index in [0.717, 1.165) is 25.1 Å². The largest absolute Gasteiger partial charge is 0.478 e. The summed E-state index contributed by atoms with van der Waals surface area (Å²) in [4.78, 5) is 24.9. The van der Waals surface area contributed by atoms with Crippen molar-refractivity contribution in [3.63, 3.8) is 0 Å². The molecule has 1 aliphatic heterocycles. The number of likely N-dealkylation sites (N-methyl/N-ethyl adjacent to an activating group) is 1. The fraction of sp³-hybridized carbons (Fsp3) is 0.429. The first-order valence-corrected chi connectivity index (χ1v) is 6.55. The molecule has 108 valence electrons. The van der Waals surface area contributed by atoms with Crippen molar-refractivity contribution in [2.75, 3.05) is 25.5 Å². The summed E-state index contributed by atoms with van der Waals surface area (Å²) in [6.45, 7) is 3.60. The third-order valence-corrected chi connectivity index (χ3v) is 3.45. The minimum Gasteiger partial charge on any atom is -0.478 e. The molecule has 1 saturated heterocycles. The third kappa shape index (κ3) is 3.48. The highest BCUT2D eigenvalue weighted by atomic mass is 16.4. The second-order valence-corrected chi connectivity index (χ2v) is 5.18. The van der Waals surface area contributed by atoms with Crippen LogP contribution in [0.25, 0.3) is 0 Å². The van der Waals surface area contributed by atoms with Crippen LogP contribution in [0, 0.1) is 6.92 Å². The van der Waals surface area contributed by atoms with Crippen molar-refractivity contribution in [2.24, 2.45) is 0 Å². The Hall–Kier alpha value is -2.08. The number of carboxylic acid groups (broad SMARTS) is 1. The van der Waals surface area contributed by atoms with E-state index < -0.39 is 5.97 Å². The van der Waals surface area contributed by atoms with Crippen LogP contribution in [-0.4, -0.2) is 48.2 Å². The molecule has 1 aromatic rings. The lowest BCUT2D eigenvalue weighted by molar-refractivity contribution is 0.0697. The van der Waals surface area contributed by atoms with Gasteiger partial charge in [-0.15, -0.1) is 0 Å². The van der Waals surface area contributed by atoms with Gasteiger partial charge in [0.05, 0.1) is 5.56 Å². The summed E-state index contributed by atoms with van der Waals surface area (Å²) in [7, 11) is 2.02. The molecule has 6 heteroatoms. The molecule has 3 N–H and O–H groups in total. The molecule has 6 nitrogen and oxygen atoms in total. The smallest absolute Gasteiger partial charge is 0.335 e. The van der Waals surface area contributed by atoms with Crippen molar-refractivity contribution in [3.8, 4) is 0 Å². The lowest BCUT2D eigenvalue weighted by atomic mass is 10.1. The molecule has 0 saturated carbocycles. The SMILES string of the molecule is Cc1cc(C(=O)O)ccc1NC(=O)NC1CCN(C)C1. The lowest BCUT2D eigenvalue weighted by Gasteiger charge is -2.15. The second-order valence-electron chi connectivity index (χ2n) is 5.18. The number of nitrogens with one attached hydrogen (secondary N) is 2. The topological polar surface area (TPSA) is 81.7 Å². The van der Waals surface area contributed by atoms with Gasteiger partial charge in [0.15, 0.2) is 0 Å². The average molecular weight is 277 g/mol. The molecule has 1 fully saturated rings. The van der Waals surface area contributed by atoms with Gasteiger partial charge in [0, 0.05) is 18.3 Å². The molecular weight excluding hydrogens is 258 g/mol. The van der Waals surface area contributed by atoms with Crippen LogP contribution >= 0.6 is 0 Å². The number of carbonyl (C=O) groups is 2. The quantitative estimate of drug-likeness (QED) is 0.782. The number of carboxylic acids is 1. The number of likely N-dealkylation sites (tertiary alicyclic amines) is 1. The summed E-state index contributed by atoms with van der Waals surface area (Å²) in [5.41, 5.74) is 1.56. The molecule has 1 aromatic carbocycles. The fourth-order valence-electron chi connectivity index (χ4n) is 2.33. The maximum Gasteiger partial charge on any atom is 0.335 e. The van der Waals surface area contributed by atoms with E-state index in [4.69, 9.17) is 5.11 Å². The molecule has 1 heterocycles. The van der Waals surface area contributed by atoms with Crippen LogP contribution in [0.4, 0.5) is 10.5 Å². The standard InChI is InChI=1S/C14H19N3O3/c1-9-7-10(13(18)19)3-4-12(9)16-14(20)15-11-5-6-17(2)8-11/h3-4,7,11H,5-6,8H2,1-2H3,(H,18,19)(H2,15,16,20). The Bertz CT molecular complexity index is 530. The first-order chi connectivity index (χ1) is 9.45. The molecule has 0 aliphatic carbocycles. The number of aromatic carboxylic acids is 1. The zero-order valence-electron chi connectivity index (χ0n) is 11.6. The first-order valence-electron chi connectivity index (χ1n) is 6.55. The van der Waals surface area contributed by atoms with Crippen molar-refractivity contribution >= 4 is 17.7 Å². The molecule has 1 aliphatic rings. The molecule has 20 heavy (non-hydrogen) atoms. The van der Waals surface area contributed by atoms with E-state index >= 15 is 0 Å². The van der Waals surface area contributed by atoms with Crippen LogP contribution in [0.1, 0.15) is 22.3 Å². The predicted octanol–water partition coefficient (Wildman–Crippen LogP) is 1.52. The van der Waals surface area contributed by atoms with E-state index in [1.807, 2.05) is 7.05 Å². The predicted molar refractivity (Wildman–Crippen MR) is 76.2 cm³/mol. The Labute approximate surface area is 117 Å². The number of amides is 2. The van der Waals surface area contributed by atoms with E-state index in [2.05, 4.69) is 15.5 Å². The molecule has 2 rings (SSSR count). The Balaban J connectivity index is 1.95. The Morgan fingerprint density at radius 2 is 2.15 bits per heavy atom. The molecule has 0 aromatic heterocycles. The van der Waals surface area contributed by atoms with E-state index in [1.165, 1.54) is 6.07 Å². The summed E-state index contributed by atoms with van der Waals surface area (Å²) >= 11 is 0. The van der Waals surface area contributed by atoms with Gasteiger partial charge in [-0.05, 0) is 50.7 Å². The summed E-state index contributed by atoms with van der Waals surface area (Å²) in [5.74, 6) is -0.974. The maximum absolute atomic E-state index is 11.9. The van der Waals surface area contributed by atoms with Gasteiger partial charge >= 0.3 is 12.0 Å². The summed E-state index contributed by atoms with van der Waals surface area (Å²) < 4.78 is 0. The number of nitrogens with zero attached hydrogens (tertiary/aromatic N) is 1. The summed E-state index contributed by atoms with van der Waals surface area (Å²) in [5, 5.41) is 14.6. The van der Waals surface area contributed by atoms with Crippen LogP contribution in [0.5, 0.6) is 0 Å². The highest BCUT2D eigenvalue weighted by Crippen LogP contribution is 2.16. The van der Waals surface area contributed by atoms with Crippen molar-refractivity contribution in [3.05, 3.63) is 29.3 Å². The van der Waals surface area contributed by atoms with E-state index in [-0.39, 0.29) is 17.6 Å². The van der Waals surface area contributed by atoms with E-state index in [0.29, 0.717) is 5.69 Å². The summed E-state index contributed by atoms with van der Waals surface area (Å²) in [6.07, 6.45) is 0.945. The van der Waals surface area contributed by atoms with Crippen LogP contribution < -0.4 is 10.6 Å². The zero-order valence-corrected chi connectivity index (χ0v) is 11.6. The van der Waals surface area contributed by atoms with Gasteiger partial charge in [-0.3, -0.25) is 0 Å². The number of urea groups is 1. The van der Waals surface area contributed by atoms with Gasteiger partial charge in [0.2, 0.25) is 0 Å². The molecule has 0 bridgehead atoms. The average Bonchev–Trinajstić information content (AvgIpc) is 2.77. The lowest BCUT2D eigenvalue weighted by Crippen LogP contribution is -2.39. The van der Waals surface area contributed by atoms with Gasteiger partial charge in [-0.25, -0.2) is 9.59 Å². The number of benzene rings is 1. The van der Waals surface area contributed by atoms with Gasteiger partial charge in [0.25, 0.3) is 0 Å². The van der Waals surface area contributed by atoms with Crippen LogP contribution in [0.2, 0.25) is 0 Å². The normalized spacial score (nSPS) is 18.8. The van der Waals surface area contributed by atoms with Gasteiger partial charge in [0.1, 0.15) is 0 Å². The summed E-state index contributed by atoms with van der Waals surface area (Å²) in [6, 6.07) is 4.55. The maximum atomic E-state index is 11.9. The van der Waals surface area contributed by atoms with Gasteiger partial charge in [-0.1, -0.05) is 0 Å². The van der Waals surface area contributed by atoms with Crippen LogP contribution in [-0.2, 0) is 0 Å². The second kappa shape index (κ2) is 5.92. The first kappa shape index (κ1) is 14.3. The Morgan fingerprint density at radius 1 is 1.40 bits per heavy atom. The van der Waals surface area contributed by atoms with Crippen molar-refractivity contribution < 1.29 is 14.7 Å². The zero-order chi connectivity index (χ0) is 14.7. The highest BCUT2D eigenvalue weighted by molar-refractivity contribution is 5.92. The minimum atomic E-state index is -0.974. The molecule has 0 spiro atoms. The number of hydrogen-bond acceptors (Lipinski definition) is 3. The number of rotatable bonds is 3. The van der Waals surface area contributed by atoms with Crippen molar-refractivity contribution in [1.29, 1.82) is 0 Å². The van der Waals surface area contributed by atoms with Crippen LogP contribution in [0.3, 0.4) is 0 Å². The van der Waals surface area contributed by atoms with Gasteiger partial charge in [-0.2, -0.15) is 0 Å². The molecule has 0 radical (unpaired) electrons. The monoisotopic (exact) mass is 277 g/mol. The van der Waals surface area contributed by atoms with Crippen molar-refractivity contribution in [2.45, 2.75) is 19.4 Å². The van der Waals surface area contributed by atoms with Gasteiger partial charge < -0.3 is 20.6 Å². The Morgan fingerprint density at radius 3 is 2.70 bits per heavy atom. The van der Waals surface area contributed by atoms with E-state index in [9.17, 15) is 9.59 Å². The highest BCUT2D eigenvalue weighted by Gasteiger charge is 2.21. The fourth-order valence-corrected chi connectivity index (χ4v) is 2.33. The molecular formula is C14H19N3O3. The molecule has 2 amide bonds. The molecule has 1 atom stereocenters. The number of hydrogen-bond donors (Lipinski definition) is 3. The van der Waals surface area contributed by atoms with E-state index in [1.54, 1.807) is 19.1 Å². The minimum absolute atomic E-state index is 0.165. The van der Waals surface area contributed by atoms with Crippen molar-refractivity contribution in [1.82, 2.24) is 10.2 Å². The number of aryl methyl sites for hydroxylation is 1. The van der Waals surface area contributed by atoms with Crippen LogP contribution in [0.15, 0.2) is 18.2 Å². The Kier molecular flexibility index (Phi) is 4.24. The molecule has 1 unspecified atom stereocenters. The number of anilines is 1. The third-order valence-electron chi connectivity index (χ3n) is 3.45.